The molecule has 0 bridgehead atoms. The molecule has 1 amide bonds. The van der Waals surface area contributed by atoms with E-state index in [0.717, 1.165) is 25.1 Å². The third kappa shape index (κ3) is 5.45. The average Bonchev–Trinajstić information content (AvgIpc) is 2.50. The fourth-order valence-electron chi connectivity index (χ4n) is 3.25. The number of nitrogens with one attached hydrogen (secondary N) is 2. The van der Waals surface area contributed by atoms with E-state index < -0.39 is 0 Å². The minimum absolute atomic E-state index is 0.00230. The second-order valence-corrected chi connectivity index (χ2v) is 6.47. The van der Waals surface area contributed by atoms with Gasteiger partial charge >= 0.3 is 0 Å². The van der Waals surface area contributed by atoms with Gasteiger partial charge in [-0.25, -0.2) is 0 Å². The van der Waals surface area contributed by atoms with Crippen LogP contribution in [0.25, 0.3) is 0 Å². The molecule has 0 radical (unpaired) electrons. The highest BCUT2D eigenvalue weighted by Crippen LogP contribution is 2.24. The Kier molecular flexibility index (Phi) is 6.91. The first-order valence-corrected chi connectivity index (χ1v) is 8.82. The Morgan fingerprint density at radius 2 is 2.00 bits per heavy atom. The van der Waals surface area contributed by atoms with Gasteiger partial charge in [-0.1, -0.05) is 38.7 Å². The van der Waals surface area contributed by atoms with Crippen LogP contribution in [0.1, 0.15) is 63.5 Å². The van der Waals surface area contributed by atoms with Gasteiger partial charge in [0.2, 0.25) is 5.91 Å². The lowest BCUT2D eigenvalue weighted by Crippen LogP contribution is -2.35. The fraction of sp³-hybridized carbons (Fsp3) is 0.632. The van der Waals surface area contributed by atoms with Gasteiger partial charge in [-0.05, 0) is 55.5 Å². The van der Waals surface area contributed by atoms with E-state index in [-0.39, 0.29) is 5.91 Å². The zero-order valence-electron chi connectivity index (χ0n) is 14.1. The molecule has 1 aromatic carbocycles. The van der Waals surface area contributed by atoms with Crippen molar-refractivity contribution in [2.45, 2.75) is 71.3 Å². The predicted octanol–water partition coefficient (Wildman–Crippen LogP) is 4.06. The first-order chi connectivity index (χ1) is 10.7. The predicted molar refractivity (Wildman–Crippen MR) is 93.3 cm³/mol. The zero-order chi connectivity index (χ0) is 15.8. The number of benzene rings is 1. The third-order valence-electron chi connectivity index (χ3n) is 4.47. The SMILES string of the molecule is CCCCCCCNC1CCc2ccc(NC(C)=O)cc2C1. The summed E-state index contributed by atoms with van der Waals surface area (Å²) in [7, 11) is 0. The third-order valence-corrected chi connectivity index (χ3v) is 4.47. The van der Waals surface area contributed by atoms with E-state index in [4.69, 9.17) is 0 Å². The largest absolute Gasteiger partial charge is 0.326 e. The maximum atomic E-state index is 11.2. The van der Waals surface area contributed by atoms with Gasteiger partial charge < -0.3 is 10.6 Å². The number of hydrogen-bond donors (Lipinski definition) is 2. The van der Waals surface area contributed by atoms with Crippen molar-refractivity contribution in [2.75, 3.05) is 11.9 Å². The molecule has 0 spiro atoms. The molecule has 0 aromatic heterocycles. The number of rotatable bonds is 8. The van der Waals surface area contributed by atoms with Crippen LogP contribution in [0, 0.1) is 0 Å². The molecular weight excluding hydrogens is 272 g/mol. The molecule has 0 heterocycles. The van der Waals surface area contributed by atoms with Crippen molar-refractivity contribution in [1.82, 2.24) is 5.32 Å². The topological polar surface area (TPSA) is 41.1 Å². The Balaban J connectivity index is 1.78. The number of carbonyl (C=O) groups is 1. The van der Waals surface area contributed by atoms with Crippen molar-refractivity contribution >= 4 is 11.6 Å². The summed E-state index contributed by atoms with van der Waals surface area (Å²) in [5.74, 6) is -0.00230. The molecule has 0 fully saturated rings. The van der Waals surface area contributed by atoms with Crippen molar-refractivity contribution in [1.29, 1.82) is 0 Å². The molecule has 1 unspecified atom stereocenters. The highest BCUT2D eigenvalue weighted by molar-refractivity contribution is 5.88. The standard InChI is InChI=1S/C19H30N2O/c1-3-4-5-6-7-12-20-18-10-8-16-9-11-19(21-15(2)22)14-17(16)13-18/h9,11,14,18,20H,3-8,10,12-13H2,1-2H3,(H,21,22). The van der Waals surface area contributed by atoms with Crippen molar-refractivity contribution in [3.8, 4) is 0 Å². The molecular formula is C19H30N2O. The Bertz CT molecular complexity index is 484. The molecule has 0 aliphatic heterocycles. The highest BCUT2D eigenvalue weighted by atomic mass is 16.1. The van der Waals surface area contributed by atoms with Gasteiger partial charge in [-0.15, -0.1) is 0 Å². The van der Waals surface area contributed by atoms with Crippen molar-refractivity contribution in [2.24, 2.45) is 0 Å². The average molecular weight is 302 g/mol. The van der Waals surface area contributed by atoms with Gasteiger partial charge in [0.25, 0.3) is 0 Å². The van der Waals surface area contributed by atoms with Crippen molar-refractivity contribution in [3.63, 3.8) is 0 Å². The van der Waals surface area contributed by atoms with E-state index in [1.807, 2.05) is 6.07 Å². The number of carbonyl (C=O) groups excluding carboxylic acids is 1. The number of aryl methyl sites for hydroxylation is 1. The summed E-state index contributed by atoms with van der Waals surface area (Å²) in [4.78, 5) is 11.2. The number of anilines is 1. The van der Waals surface area contributed by atoms with Gasteiger partial charge in [0.1, 0.15) is 0 Å². The van der Waals surface area contributed by atoms with E-state index in [0.29, 0.717) is 6.04 Å². The Morgan fingerprint density at radius 1 is 1.18 bits per heavy atom. The summed E-state index contributed by atoms with van der Waals surface area (Å²) in [6.45, 7) is 4.95. The molecule has 3 heteroatoms. The first-order valence-electron chi connectivity index (χ1n) is 8.82. The van der Waals surface area contributed by atoms with Crippen molar-refractivity contribution < 1.29 is 4.79 Å². The van der Waals surface area contributed by atoms with Crippen LogP contribution in [0.15, 0.2) is 18.2 Å². The normalized spacial score (nSPS) is 17.1. The Morgan fingerprint density at radius 3 is 2.77 bits per heavy atom. The van der Waals surface area contributed by atoms with E-state index in [2.05, 4.69) is 29.7 Å². The quantitative estimate of drug-likeness (QED) is 0.711. The van der Waals surface area contributed by atoms with Crippen LogP contribution < -0.4 is 10.6 Å². The summed E-state index contributed by atoms with van der Waals surface area (Å²) in [6, 6.07) is 6.92. The Labute approximate surface area is 134 Å². The molecule has 1 atom stereocenters. The molecule has 1 aliphatic carbocycles. The molecule has 122 valence electrons. The van der Waals surface area contributed by atoms with Crippen LogP contribution in [0.2, 0.25) is 0 Å². The van der Waals surface area contributed by atoms with Gasteiger partial charge in [-0.3, -0.25) is 4.79 Å². The summed E-state index contributed by atoms with van der Waals surface area (Å²) in [5, 5.41) is 6.59. The summed E-state index contributed by atoms with van der Waals surface area (Å²) >= 11 is 0. The smallest absolute Gasteiger partial charge is 0.221 e. The molecule has 22 heavy (non-hydrogen) atoms. The molecule has 3 nitrogen and oxygen atoms in total. The van der Waals surface area contributed by atoms with Crippen LogP contribution in [0.4, 0.5) is 5.69 Å². The molecule has 1 aromatic rings. The number of unbranched alkanes of at least 4 members (excludes halogenated alkanes) is 4. The van der Waals surface area contributed by atoms with E-state index >= 15 is 0 Å². The van der Waals surface area contributed by atoms with E-state index in [1.54, 1.807) is 6.92 Å². The number of hydrogen-bond acceptors (Lipinski definition) is 2. The summed E-state index contributed by atoms with van der Waals surface area (Å²) < 4.78 is 0. The fourth-order valence-corrected chi connectivity index (χ4v) is 3.25. The zero-order valence-corrected chi connectivity index (χ0v) is 14.1. The maximum absolute atomic E-state index is 11.2. The molecule has 2 rings (SSSR count). The minimum atomic E-state index is -0.00230. The first kappa shape index (κ1) is 17.0. The lowest BCUT2D eigenvalue weighted by atomic mass is 9.88. The molecule has 0 saturated heterocycles. The van der Waals surface area contributed by atoms with Gasteiger partial charge in [0, 0.05) is 18.7 Å². The van der Waals surface area contributed by atoms with Crippen LogP contribution in [-0.2, 0) is 17.6 Å². The second-order valence-electron chi connectivity index (χ2n) is 6.47. The molecule has 1 aliphatic rings. The van der Waals surface area contributed by atoms with Gasteiger partial charge in [0.15, 0.2) is 0 Å². The van der Waals surface area contributed by atoms with Crippen LogP contribution in [0.5, 0.6) is 0 Å². The lowest BCUT2D eigenvalue weighted by Gasteiger charge is -2.26. The maximum Gasteiger partial charge on any atom is 0.221 e. The Hall–Kier alpha value is -1.35. The van der Waals surface area contributed by atoms with Gasteiger partial charge in [0.05, 0.1) is 0 Å². The highest BCUT2D eigenvalue weighted by Gasteiger charge is 2.18. The van der Waals surface area contributed by atoms with E-state index in [1.165, 1.54) is 49.7 Å². The minimum Gasteiger partial charge on any atom is -0.326 e. The monoisotopic (exact) mass is 302 g/mol. The number of amides is 1. The van der Waals surface area contributed by atoms with E-state index in [9.17, 15) is 4.79 Å². The van der Waals surface area contributed by atoms with Crippen molar-refractivity contribution in [3.05, 3.63) is 29.3 Å². The number of fused-ring (bicyclic) bond motifs is 1. The lowest BCUT2D eigenvalue weighted by molar-refractivity contribution is -0.114. The molecule has 2 N–H and O–H groups in total. The van der Waals surface area contributed by atoms with Crippen LogP contribution in [0.3, 0.4) is 0 Å². The second kappa shape index (κ2) is 8.94. The van der Waals surface area contributed by atoms with Crippen LogP contribution in [-0.4, -0.2) is 18.5 Å². The van der Waals surface area contributed by atoms with Gasteiger partial charge in [-0.2, -0.15) is 0 Å². The van der Waals surface area contributed by atoms with Crippen LogP contribution >= 0.6 is 0 Å². The summed E-state index contributed by atoms with van der Waals surface area (Å²) in [5.41, 5.74) is 3.75. The molecule has 0 saturated carbocycles. The summed E-state index contributed by atoms with van der Waals surface area (Å²) in [6.07, 6.45) is 10.1.